The van der Waals surface area contributed by atoms with Crippen molar-refractivity contribution < 1.29 is 13.9 Å². The minimum Gasteiger partial charge on any atom is -0.382 e. The molecule has 1 aromatic heterocycles. The Morgan fingerprint density at radius 2 is 2.14 bits per heavy atom. The van der Waals surface area contributed by atoms with Crippen LogP contribution in [0.5, 0.6) is 0 Å². The zero-order valence-corrected chi connectivity index (χ0v) is 13.1. The molecule has 0 aliphatic carbocycles. The lowest BCUT2D eigenvalue weighted by molar-refractivity contribution is 0.0680. The molecule has 0 aliphatic rings. The fraction of sp³-hybridized carbons (Fsp3) is 0.533. The van der Waals surface area contributed by atoms with Crippen molar-refractivity contribution in [3.05, 3.63) is 29.8 Å². The van der Waals surface area contributed by atoms with E-state index in [1.165, 1.54) is 12.1 Å². The smallest absolute Gasteiger partial charge is 0.127 e. The third-order valence-corrected chi connectivity index (χ3v) is 3.39. The Morgan fingerprint density at radius 3 is 2.86 bits per heavy atom. The highest BCUT2D eigenvalue weighted by Gasteiger charge is 2.15. The number of imidazole rings is 1. The molecule has 0 bridgehead atoms. The van der Waals surface area contributed by atoms with Gasteiger partial charge >= 0.3 is 0 Å². The Balaban J connectivity index is 2.08. The monoisotopic (exact) mass is 314 g/mol. The van der Waals surface area contributed by atoms with Crippen LogP contribution in [0.2, 0.25) is 0 Å². The molecule has 0 N–H and O–H groups in total. The summed E-state index contributed by atoms with van der Waals surface area (Å²) in [7, 11) is 1.65. The number of methoxy groups -OCH3 is 1. The molecule has 1 heterocycles. The summed E-state index contributed by atoms with van der Waals surface area (Å²) in [5.74, 6) is 0.470. The summed E-state index contributed by atoms with van der Waals surface area (Å²) in [5, 5.41) is -0.227. The first kappa shape index (κ1) is 16.2. The predicted molar refractivity (Wildman–Crippen MR) is 81.3 cm³/mol. The summed E-state index contributed by atoms with van der Waals surface area (Å²) >= 11 is 6.18. The number of fused-ring (bicyclic) bond motifs is 1. The van der Waals surface area contributed by atoms with E-state index in [-0.39, 0.29) is 11.2 Å². The van der Waals surface area contributed by atoms with Gasteiger partial charge in [0.15, 0.2) is 0 Å². The summed E-state index contributed by atoms with van der Waals surface area (Å²) in [6.07, 6.45) is 0.836. The second-order valence-electron chi connectivity index (χ2n) is 4.83. The number of halogens is 2. The first-order valence-electron chi connectivity index (χ1n) is 7.00. The first-order valence-corrected chi connectivity index (χ1v) is 7.43. The number of aryl methyl sites for hydroxylation is 1. The number of hydrogen-bond acceptors (Lipinski definition) is 3. The lowest BCUT2D eigenvalue weighted by atomic mass is 10.3. The first-order chi connectivity index (χ1) is 10.1. The van der Waals surface area contributed by atoms with Crippen LogP contribution in [0, 0.1) is 5.82 Å². The molecule has 1 unspecified atom stereocenters. The molecule has 0 saturated carbocycles. The normalized spacial score (nSPS) is 13.0. The van der Waals surface area contributed by atoms with Crippen molar-refractivity contribution in [2.45, 2.75) is 25.3 Å². The van der Waals surface area contributed by atoms with E-state index in [0.717, 1.165) is 24.3 Å². The van der Waals surface area contributed by atoms with Crippen LogP contribution in [0.3, 0.4) is 0 Å². The van der Waals surface area contributed by atoms with Gasteiger partial charge in [-0.2, -0.15) is 0 Å². The van der Waals surface area contributed by atoms with Crippen LogP contribution in [0.1, 0.15) is 24.5 Å². The molecule has 1 atom stereocenters. The quantitative estimate of drug-likeness (QED) is 0.552. The van der Waals surface area contributed by atoms with Crippen LogP contribution in [0.15, 0.2) is 18.2 Å². The van der Waals surface area contributed by atoms with Gasteiger partial charge < -0.3 is 14.0 Å². The number of ether oxygens (including phenoxy) is 2. The minimum absolute atomic E-state index is 0.227. The molecule has 0 radical (unpaired) electrons. The van der Waals surface area contributed by atoms with Crippen molar-refractivity contribution in [3.8, 4) is 0 Å². The average molecular weight is 315 g/mol. The van der Waals surface area contributed by atoms with E-state index in [9.17, 15) is 4.39 Å². The van der Waals surface area contributed by atoms with Gasteiger partial charge in [-0.1, -0.05) is 0 Å². The lowest BCUT2D eigenvalue weighted by Gasteiger charge is -2.10. The van der Waals surface area contributed by atoms with Crippen LogP contribution < -0.4 is 0 Å². The van der Waals surface area contributed by atoms with Crippen LogP contribution >= 0.6 is 11.6 Å². The highest BCUT2D eigenvalue weighted by molar-refractivity contribution is 6.20. The topological polar surface area (TPSA) is 36.3 Å². The number of hydrogen-bond donors (Lipinski definition) is 0. The van der Waals surface area contributed by atoms with E-state index < -0.39 is 0 Å². The largest absolute Gasteiger partial charge is 0.382 e. The molecule has 0 spiro atoms. The maximum absolute atomic E-state index is 13.3. The Hall–Kier alpha value is -1.17. The Bertz CT molecular complexity index is 586. The van der Waals surface area contributed by atoms with E-state index in [2.05, 4.69) is 4.98 Å². The van der Waals surface area contributed by atoms with Crippen LogP contribution in [0.25, 0.3) is 11.0 Å². The Morgan fingerprint density at radius 1 is 1.33 bits per heavy atom. The van der Waals surface area contributed by atoms with Crippen molar-refractivity contribution in [2.24, 2.45) is 0 Å². The van der Waals surface area contributed by atoms with E-state index in [4.69, 9.17) is 21.1 Å². The fourth-order valence-electron chi connectivity index (χ4n) is 2.23. The zero-order chi connectivity index (χ0) is 15.2. The van der Waals surface area contributed by atoms with E-state index in [0.29, 0.717) is 25.3 Å². The van der Waals surface area contributed by atoms with Crippen molar-refractivity contribution in [2.75, 3.05) is 26.9 Å². The van der Waals surface area contributed by atoms with Gasteiger partial charge in [0, 0.05) is 26.3 Å². The summed E-state index contributed by atoms with van der Waals surface area (Å²) in [5.41, 5.74) is 1.54. The highest BCUT2D eigenvalue weighted by Crippen LogP contribution is 2.25. The Labute approximate surface area is 128 Å². The maximum atomic E-state index is 13.3. The zero-order valence-electron chi connectivity index (χ0n) is 12.3. The van der Waals surface area contributed by atoms with Gasteiger partial charge in [0.1, 0.15) is 11.6 Å². The summed E-state index contributed by atoms with van der Waals surface area (Å²) < 4.78 is 25.7. The number of benzene rings is 1. The van der Waals surface area contributed by atoms with Crippen LogP contribution in [-0.2, 0) is 16.0 Å². The molecular weight excluding hydrogens is 295 g/mol. The van der Waals surface area contributed by atoms with E-state index >= 15 is 0 Å². The van der Waals surface area contributed by atoms with E-state index in [1.807, 2.05) is 11.5 Å². The molecule has 0 aliphatic heterocycles. The summed E-state index contributed by atoms with van der Waals surface area (Å²) in [6, 6.07) is 4.62. The third-order valence-electron chi connectivity index (χ3n) is 3.20. The second-order valence-corrected chi connectivity index (χ2v) is 5.48. The average Bonchev–Trinajstić information content (AvgIpc) is 2.80. The van der Waals surface area contributed by atoms with Crippen LogP contribution in [0.4, 0.5) is 4.39 Å². The SMILES string of the molecule is COCCOCCCn1c(C(C)Cl)nc2cc(F)ccc21. The summed E-state index contributed by atoms with van der Waals surface area (Å²) in [4.78, 5) is 4.43. The minimum atomic E-state index is -0.288. The predicted octanol–water partition coefficient (Wildman–Crippen LogP) is 3.53. The molecule has 21 heavy (non-hydrogen) atoms. The van der Waals surface area contributed by atoms with Gasteiger partial charge in [-0.15, -0.1) is 11.6 Å². The molecule has 6 heteroatoms. The van der Waals surface area contributed by atoms with Gasteiger partial charge in [-0.05, 0) is 25.5 Å². The van der Waals surface area contributed by atoms with Crippen molar-refractivity contribution >= 4 is 22.6 Å². The molecule has 116 valence electrons. The van der Waals surface area contributed by atoms with Crippen LogP contribution in [-0.4, -0.2) is 36.5 Å². The molecular formula is C15H20ClFN2O2. The van der Waals surface area contributed by atoms with Gasteiger partial charge in [0.2, 0.25) is 0 Å². The lowest BCUT2D eigenvalue weighted by Crippen LogP contribution is -2.09. The fourth-order valence-corrected chi connectivity index (χ4v) is 2.40. The van der Waals surface area contributed by atoms with Gasteiger partial charge in [0.05, 0.1) is 29.6 Å². The molecule has 2 rings (SSSR count). The molecule has 2 aromatic rings. The van der Waals surface area contributed by atoms with Gasteiger partial charge in [-0.3, -0.25) is 0 Å². The highest BCUT2D eigenvalue weighted by atomic mass is 35.5. The third kappa shape index (κ3) is 4.15. The van der Waals surface area contributed by atoms with Crippen molar-refractivity contribution in [3.63, 3.8) is 0 Å². The van der Waals surface area contributed by atoms with Gasteiger partial charge in [-0.25, -0.2) is 9.37 Å². The molecule has 1 aromatic carbocycles. The van der Waals surface area contributed by atoms with E-state index in [1.54, 1.807) is 13.2 Å². The Kier molecular flexibility index (Phi) is 5.96. The molecule has 0 saturated heterocycles. The van der Waals surface area contributed by atoms with Crippen molar-refractivity contribution in [1.82, 2.24) is 9.55 Å². The number of nitrogens with zero attached hydrogens (tertiary/aromatic N) is 2. The molecule has 4 nitrogen and oxygen atoms in total. The molecule has 0 amide bonds. The summed E-state index contributed by atoms with van der Waals surface area (Å²) in [6.45, 7) is 4.43. The number of aromatic nitrogens is 2. The number of rotatable bonds is 8. The standard InChI is InChI=1S/C15H20ClFN2O2/c1-11(16)15-18-13-10-12(17)4-5-14(13)19(15)6-3-7-21-9-8-20-2/h4-5,10-11H,3,6-9H2,1-2H3. The molecule has 0 fully saturated rings. The van der Waals surface area contributed by atoms with Crippen molar-refractivity contribution in [1.29, 1.82) is 0 Å². The second kappa shape index (κ2) is 7.73. The maximum Gasteiger partial charge on any atom is 0.127 e. The van der Waals surface area contributed by atoms with Gasteiger partial charge in [0.25, 0.3) is 0 Å². The number of alkyl halides is 1.